The third kappa shape index (κ3) is 18.3. The third-order valence-electron chi connectivity index (χ3n) is 30.3. The lowest BCUT2D eigenvalue weighted by atomic mass is 9.72. The van der Waals surface area contributed by atoms with Crippen LogP contribution in [0.2, 0.25) is 0 Å². The second-order valence-corrected chi connectivity index (χ2v) is 43.1. The number of nitrogen functional groups attached to an aromatic ring is 1. The van der Waals surface area contributed by atoms with Crippen molar-refractivity contribution in [1.82, 2.24) is 4.58 Å². The normalized spacial score (nSPS) is 17.8. The van der Waals surface area contributed by atoms with E-state index in [2.05, 4.69) is 263 Å². The topological polar surface area (TPSA) is 279 Å². The summed E-state index contributed by atoms with van der Waals surface area (Å²) in [5.74, 6) is 1.42. The molecule has 0 saturated carbocycles. The van der Waals surface area contributed by atoms with Gasteiger partial charge in [0.2, 0.25) is 22.1 Å². The fourth-order valence-electron chi connectivity index (χ4n) is 23.1. The highest BCUT2D eigenvalue weighted by molar-refractivity contribution is 7.86. The Morgan fingerprint density at radius 1 is 0.638 bits per heavy atom. The van der Waals surface area contributed by atoms with Gasteiger partial charge in [0.15, 0.2) is 11.3 Å². The SMILES string of the molecule is CC(C)c1ccc(C2=c3cc4c5c(c3Oc3c2cc2c6c3CCCN6CCC2)CCC[N+]=5CCC4)c(C(=O)O)c1.CCCc1cc2c(cc1C)C(c1ccc(C(C)C)cc1C(=O)O)C1C=C(C)C(=[NH+]CC)C=C1O2.CC[N+]1=C(C=CC=CC=C2N(C(C)C)c3ccc(C)cc3C2(C)C)C(C)(C)c2cc(C)ccc21.Cc1c2oc3c(S(=O)(=O)[O-])c(N)ccc3c(-c3ccc(C(C)C)cc3C(=O)O)c-2ccc1=[NH2+]. The first-order chi connectivity index (χ1) is 67.1. The van der Waals surface area contributed by atoms with Crippen LogP contribution in [0, 0.1) is 33.6 Å². The standard InChI is InChI=1S/C35H36N2O3.C32H41N2.C30H35NO3.C24H22N2O6S/c1-20(2)21-11-12-24(27(17-21)35(38)39)30-28-18-22-7-3-13-36-15-5-9-25(31(22)36)33(28)40-34-26-10-6-16-37-14-4-8-23(32(26)37)19-29(30)34;1-10-33-27-18-16-23(4)20-25(27)31(6,7)29(33)14-12-11-13-15-30-32(8,9)26-21-24(5)17-19-28(26)34(30)22(2)3;1-7-9-21-15-27-24(12-18(21)5)29(22-11-10-20(17(3)4)14-23(22)30(32)33)25-13-19(6)26(31-8-2)16-28(25)34-27;1-11(2)13-4-5-14(17(10-13)24(27)28)20-15-6-8-18(25)12(3)21(15)32-22-16(20)7-9-19(26)23(22)33(29,30)31/h11-12,17-20H,3-10,13-16H2,1-2H3;11-22H,10H2,1-9H3;10-17,25,29H,7-9H2,1-6H3,(H,32,33);4-11,25H,26H2,1-3H3,(H,27,28)(H,29,30,31)/q;+1;;/p+2. The maximum Gasteiger partial charge on any atom is 0.336 e. The molecule has 0 aromatic heterocycles. The Hall–Kier alpha value is -13.3. The van der Waals surface area contributed by atoms with Gasteiger partial charge < -0.3 is 49.3 Å². The number of nitrogens with two attached hydrogens (primary N) is 2. The number of benzene rings is 10. The molecule has 11 aliphatic rings. The van der Waals surface area contributed by atoms with E-state index in [4.69, 9.17) is 25.0 Å². The molecule has 0 fully saturated rings. The van der Waals surface area contributed by atoms with Gasteiger partial charge in [0.25, 0.3) is 0 Å². The van der Waals surface area contributed by atoms with E-state index >= 15 is 0 Å². The van der Waals surface area contributed by atoms with Crippen molar-refractivity contribution in [2.45, 2.75) is 248 Å². The number of carboxylic acid groups (broad SMARTS) is 3. The number of carboxylic acids is 3. The lowest BCUT2D eigenvalue weighted by molar-refractivity contribution is -0.451. The molecule has 2 aliphatic carbocycles. The summed E-state index contributed by atoms with van der Waals surface area (Å²) in [5, 5.41) is 39.9. The fourth-order valence-corrected chi connectivity index (χ4v) is 23.9. The number of aromatic carboxylic acids is 3. The molecule has 9 heterocycles. The van der Waals surface area contributed by atoms with Gasteiger partial charge in [-0.15, -0.1) is 0 Å². The van der Waals surface area contributed by atoms with Crippen molar-refractivity contribution in [1.29, 1.82) is 0 Å². The molecule has 730 valence electrons. The summed E-state index contributed by atoms with van der Waals surface area (Å²) in [6.45, 7) is 49.3. The van der Waals surface area contributed by atoms with Gasteiger partial charge in [0.1, 0.15) is 70.0 Å². The lowest BCUT2D eigenvalue weighted by Crippen LogP contribution is -2.72. The Labute approximate surface area is 830 Å². The van der Waals surface area contributed by atoms with Gasteiger partial charge in [-0.05, 0) is 267 Å². The molecule has 0 spiro atoms. The zero-order valence-corrected chi connectivity index (χ0v) is 86.3. The van der Waals surface area contributed by atoms with Gasteiger partial charge in [-0.1, -0.05) is 165 Å². The van der Waals surface area contributed by atoms with Crippen molar-refractivity contribution in [2.75, 3.05) is 54.8 Å². The monoisotopic (exact) mass is 1910 g/mol. The fraction of sp³-hybridized carbons (Fsp3) is 0.364. The van der Waals surface area contributed by atoms with Gasteiger partial charge >= 0.3 is 17.9 Å². The van der Waals surface area contributed by atoms with Crippen LogP contribution in [0.25, 0.3) is 39.0 Å². The summed E-state index contributed by atoms with van der Waals surface area (Å²) in [5.41, 5.74) is 38.2. The van der Waals surface area contributed by atoms with Crippen molar-refractivity contribution in [3.05, 3.63) is 332 Å². The van der Waals surface area contributed by atoms with Crippen molar-refractivity contribution in [3.8, 4) is 39.7 Å². The Bertz CT molecular complexity index is 7540. The first kappa shape index (κ1) is 99.3. The number of nitrogens with one attached hydrogen (secondary N) is 1. The van der Waals surface area contributed by atoms with E-state index in [9.17, 15) is 42.7 Å². The molecule has 9 aromatic carbocycles. The molecule has 0 amide bonds. The molecule has 20 rings (SSSR count). The van der Waals surface area contributed by atoms with Crippen LogP contribution in [0.3, 0.4) is 0 Å². The number of hydrogen-bond acceptors (Lipinski definition) is 12. The van der Waals surface area contributed by atoms with Crippen LogP contribution in [0.5, 0.6) is 17.2 Å². The number of anilines is 3. The predicted octanol–water partition coefficient (Wildman–Crippen LogP) is 20.6. The minimum Gasteiger partial charge on any atom is -0.744 e. The van der Waals surface area contributed by atoms with E-state index in [0.717, 1.165) is 188 Å². The Morgan fingerprint density at radius 3 is 1.91 bits per heavy atom. The number of rotatable bonds is 18. The minimum absolute atomic E-state index is 0.00154. The van der Waals surface area contributed by atoms with Crippen LogP contribution in [0.4, 0.5) is 22.7 Å². The molecule has 8 N–H and O–H groups in total. The van der Waals surface area contributed by atoms with Crippen molar-refractivity contribution >= 4 is 78.7 Å². The number of ether oxygens (including phenoxy) is 2. The minimum atomic E-state index is -5.01. The Balaban J connectivity index is 0.000000130. The molecule has 19 nitrogen and oxygen atoms in total. The molecule has 2 unspecified atom stereocenters. The zero-order valence-electron chi connectivity index (χ0n) is 85.5. The second kappa shape index (κ2) is 39.3. The van der Waals surface area contributed by atoms with E-state index < -0.39 is 32.9 Å². The highest BCUT2D eigenvalue weighted by Crippen LogP contribution is 2.55. The first-order valence-corrected chi connectivity index (χ1v) is 52.0. The van der Waals surface area contributed by atoms with E-state index in [1.54, 1.807) is 31.2 Å². The number of aryl methyl sites for hydroxylation is 6. The van der Waals surface area contributed by atoms with Crippen molar-refractivity contribution in [2.24, 2.45) is 5.92 Å². The summed E-state index contributed by atoms with van der Waals surface area (Å²) >= 11 is 0. The average molecular weight is 1910 g/mol. The van der Waals surface area contributed by atoms with E-state index in [-0.39, 0.29) is 68.4 Å². The molecule has 20 heteroatoms. The van der Waals surface area contributed by atoms with E-state index in [1.807, 2.05) is 38.1 Å². The molecule has 0 bridgehead atoms. The molecule has 9 aromatic rings. The summed E-state index contributed by atoms with van der Waals surface area (Å²) in [6.07, 6.45) is 26.3. The highest BCUT2D eigenvalue weighted by atomic mass is 32.2. The van der Waals surface area contributed by atoms with E-state index in [0.29, 0.717) is 44.8 Å². The molecule has 9 aliphatic heterocycles. The number of allylic oxidation sites excluding steroid dienone is 9. The van der Waals surface area contributed by atoms with Gasteiger partial charge in [0.05, 0.1) is 38.9 Å². The molecular weight excluding hydrogens is 1780 g/mol. The number of carbonyl (C=O) groups is 3. The highest BCUT2D eigenvalue weighted by Gasteiger charge is 2.47. The summed E-state index contributed by atoms with van der Waals surface area (Å²) in [6, 6.07) is 46.5. The quantitative estimate of drug-likeness (QED) is 0.0153. The second-order valence-electron chi connectivity index (χ2n) is 41.8. The molecule has 0 saturated heterocycles. The number of nitrogens with zero attached hydrogens (tertiary/aromatic N) is 4. The average Bonchev–Trinajstić information content (AvgIpc) is 1.33. The number of hydrogen-bond donors (Lipinski definition) is 6. The molecule has 0 radical (unpaired) electrons. The largest absolute Gasteiger partial charge is 0.744 e. The third-order valence-corrected chi connectivity index (χ3v) is 31.3. The van der Waals surface area contributed by atoms with Gasteiger partial charge in [0, 0.05) is 151 Å². The Kier molecular flexibility index (Phi) is 27.7. The van der Waals surface area contributed by atoms with Crippen LogP contribution >= 0.6 is 0 Å². The lowest BCUT2D eigenvalue weighted by Gasteiger charge is -2.39. The van der Waals surface area contributed by atoms with Crippen LogP contribution in [0.15, 0.2) is 208 Å². The maximum absolute atomic E-state index is 12.8. The molecule has 141 heavy (non-hydrogen) atoms. The van der Waals surface area contributed by atoms with Crippen molar-refractivity contribution in [3.63, 3.8) is 0 Å². The maximum atomic E-state index is 12.8. The van der Waals surface area contributed by atoms with E-state index in [1.165, 1.54) is 102 Å². The van der Waals surface area contributed by atoms with Crippen LogP contribution in [-0.4, -0.2) is 108 Å². The van der Waals surface area contributed by atoms with Gasteiger partial charge in [-0.2, -0.15) is 4.58 Å². The number of fused-ring (bicyclic) bond motifs is 10. The Morgan fingerprint density at radius 2 is 1.26 bits per heavy atom. The first-order valence-electron chi connectivity index (χ1n) is 50.6. The molecule has 2 atom stereocenters. The van der Waals surface area contributed by atoms with Crippen molar-refractivity contribution < 1.29 is 71.5 Å². The van der Waals surface area contributed by atoms with Crippen LogP contribution < -0.4 is 55.9 Å². The van der Waals surface area contributed by atoms with Gasteiger partial charge in [-0.25, -0.2) is 32.4 Å². The summed E-state index contributed by atoms with van der Waals surface area (Å²) < 4.78 is 60.8. The van der Waals surface area contributed by atoms with Crippen LogP contribution in [-0.2, 0) is 53.1 Å². The molecular formula is C121H136N7O12S+3. The van der Waals surface area contributed by atoms with Crippen LogP contribution in [0.1, 0.15) is 298 Å². The summed E-state index contributed by atoms with van der Waals surface area (Å²) in [7, 11) is -5.01. The zero-order chi connectivity index (χ0) is 101. The summed E-state index contributed by atoms with van der Waals surface area (Å²) in [4.78, 5) is 45.3. The smallest absolute Gasteiger partial charge is 0.336 e. The predicted molar refractivity (Wildman–Crippen MR) is 564 cm³/mol. The van der Waals surface area contributed by atoms with Gasteiger partial charge in [-0.3, -0.25) is 5.41 Å².